The Kier molecular flexibility index (Phi) is 5.46. The van der Waals surface area contributed by atoms with Crippen LogP contribution in [-0.2, 0) is 4.79 Å². The number of rotatable bonds is 7. The van der Waals surface area contributed by atoms with Crippen molar-refractivity contribution in [1.29, 1.82) is 0 Å². The molecular weight excluding hydrogens is 296 g/mol. The van der Waals surface area contributed by atoms with Crippen LogP contribution in [0, 0.1) is 11.8 Å². The molecule has 0 aliphatic carbocycles. The van der Waals surface area contributed by atoms with Gasteiger partial charge in [-0.25, -0.2) is 4.68 Å². The van der Waals surface area contributed by atoms with Crippen LogP contribution in [0.2, 0.25) is 0 Å². The van der Waals surface area contributed by atoms with E-state index in [4.69, 9.17) is 0 Å². The first-order chi connectivity index (χ1) is 11.0. The van der Waals surface area contributed by atoms with Gasteiger partial charge in [-0.2, -0.15) is 0 Å². The maximum atomic E-state index is 12.1. The van der Waals surface area contributed by atoms with Crippen molar-refractivity contribution in [3.8, 4) is 5.69 Å². The number of carboxylic acids is 1. The number of benzene rings is 1. The van der Waals surface area contributed by atoms with Crippen molar-refractivity contribution in [2.24, 2.45) is 11.8 Å². The zero-order valence-corrected chi connectivity index (χ0v) is 13.1. The molecule has 0 bridgehead atoms. The van der Waals surface area contributed by atoms with E-state index in [0.717, 1.165) is 5.69 Å². The monoisotopic (exact) mass is 316 g/mol. The molecule has 2 aromatic rings. The molecule has 1 amide bonds. The summed E-state index contributed by atoms with van der Waals surface area (Å²) in [5.41, 5.74) is 0.949. The molecule has 1 aromatic carbocycles. The predicted octanol–water partition coefficient (Wildman–Crippen LogP) is 1.74. The molecule has 1 unspecified atom stereocenters. The Morgan fingerprint density at radius 1 is 1.26 bits per heavy atom. The van der Waals surface area contributed by atoms with E-state index in [1.165, 1.54) is 10.9 Å². The van der Waals surface area contributed by atoms with E-state index in [9.17, 15) is 14.7 Å². The van der Waals surface area contributed by atoms with E-state index >= 15 is 0 Å². The average molecular weight is 316 g/mol. The lowest BCUT2D eigenvalue weighted by molar-refractivity contribution is -0.142. The van der Waals surface area contributed by atoms with E-state index < -0.39 is 17.8 Å². The van der Waals surface area contributed by atoms with Gasteiger partial charge in [0.1, 0.15) is 0 Å². The Balaban J connectivity index is 1.98. The van der Waals surface area contributed by atoms with Gasteiger partial charge < -0.3 is 10.4 Å². The minimum Gasteiger partial charge on any atom is -0.481 e. The molecule has 2 N–H and O–H groups in total. The van der Waals surface area contributed by atoms with Crippen LogP contribution in [-0.4, -0.2) is 38.5 Å². The first-order valence-electron chi connectivity index (χ1n) is 7.46. The largest absolute Gasteiger partial charge is 0.481 e. The Bertz CT molecular complexity index is 667. The number of nitrogens with zero attached hydrogens (tertiary/aromatic N) is 3. The number of nitrogens with one attached hydrogen (secondary N) is 1. The molecule has 0 saturated heterocycles. The molecule has 0 radical (unpaired) electrons. The van der Waals surface area contributed by atoms with Crippen molar-refractivity contribution in [2.75, 3.05) is 6.54 Å². The van der Waals surface area contributed by atoms with Gasteiger partial charge in [-0.3, -0.25) is 9.59 Å². The standard InChI is InChI=1S/C16H20N4O3/c1-11(2)8-12(16(22)23)9-17-15(21)14-10-20(19-18-14)13-6-4-3-5-7-13/h3-7,10-12H,8-9H2,1-2H3,(H,17,21)(H,22,23). The second-order valence-electron chi connectivity index (χ2n) is 5.76. The smallest absolute Gasteiger partial charge is 0.308 e. The Hall–Kier alpha value is -2.70. The van der Waals surface area contributed by atoms with Gasteiger partial charge in [-0.1, -0.05) is 37.3 Å². The highest BCUT2D eigenvalue weighted by molar-refractivity contribution is 5.92. The number of hydrogen-bond acceptors (Lipinski definition) is 4. The van der Waals surface area contributed by atoms with E-state index in [1.807, 2.05) is 44.2 Å². The maximum Gasteiger partial charge on any atom is 0.308 e. The van der Waals surface area contributed by atoms with Crippen LogP contribution in [0.15, 0.2) is 36.5 Å². The third-order valence-electron chi connectivity index (χ3n) is 3.36. The number of carboxylic acid groups (broad SMARTS) is 1. The minimum absolute atomic E-state index is 0.0740. The summed E-state index contributed by atoms with van der Waals surface area (Å²) in [5, 5.41) is 19.5. The molecule has 2 rings (SSSR count). The van der Waals surface area contributed by atoms with Crippen molar-refractivity contribution in [3.63, 3.8) is 0 Å². The zero-order chi connectivity index (χ0) is 16.8. The quantitative estimate of drug-likeness (QED) is 0.811. The van der Waals surface area contributed by atoms with Crippen molar-refractivity contribution < 1.29 is 14.7 Å². The van der Waals surface area contributed by atoms with E-state index in [-0.39, 0.29) is 18.2 Å². The number of carbonyl (C=O) groups is 2. The normalized spacial score (nSPS) is 12.1. The van der Waals surface area contributed by atoms with Crippen LogP contribution in [0.5, 0.6) is 0 Å². The fourth-order valence-electron chi connectivity index (χ4n) is 2.22. The molecule has 1 heterocycles. The highest BCUT2D eigenvalue weighted by Gasteiger charge is 2.21. The molecule has 0 spiro atoms. The van der Waals surface area contributed by atoms with E-state index in [1.54, 1.807) is 0 Å². The zero-order valence-electron chi connectivity index (χ0n) is 13.1. The highest BCUT2D eigenvalue weighted by Crippen LogP contribution is 2.11. The molecule has 1 aromatic heterocycles. The second kappa shape index (κ2) is 7.53. The van der Waals surface area contributed by atoms with Crippen molar-refractivity contribution >= 4 is 11.9 Å². The molecule has 0 fully saturated rings. The van der Waals surface area contributed by atoms with Crippen molar-refractivity contribution in [3.05, 3.63) is 42.2 Å². The van der Waals surface area contributed by atoms with Crippen LogP contribution in [0.25, 0.3) is 5.69 Å². The van der Waals surface area contributed by atoms with Gasteiger partial charge in [-0.05, 0) is 24.5 Å². The molecular formula is C16H20N4O3. The first kappa shape index (κ1) is 16.7. The summed E-state index contributed by atoms with van der Waals surface area (Å²) in [7, 11) is 0. The molecule has 0 aliphatic rings. The Morgan fingerprint density at radius 3 is 2.57 bits per heavy atom. The predicted molar refractivity (Wildman–Crippen MR) is 84.3 cm³/mol. The third-order valence-corrected chi connectivity index (χ3v) is 3.36. The van der Waals surface area contributed by atoms with Crippen LogP contribution >= 0.6 is 0 Å². The fraction of sp³-hybridized carbons (Fsp3) is 0.375. The molecule has 0 saturated carbocycles. The SMILES string of the molecule is CC(C)CC(CNC(=O)c1cn(-c2ccccc2)nn1)C(=O)O. The second-order valence-corrected chi connectivity index (χ2v) is 5.76. The van der Waals surface area contributed by atoms with Crippen LogP contribution < -0.4 is 5.32 Å². The minimum atomic E-state index is -0.910. The summed E-state index contributed by atoms with van der Waals surface area (Å²) in [5.74, 6) is -1.70. The van der Waals surface area contributed by atoms with Crippen LogP contribution in [0.1, 0.15) is 30.8 Å². The summed E-state index contributed by atoms with van der Waals surface area (Å²) in [6.07, 6.45) is 2.02. The molecule has 122 valence electrons. The molecule has 0 aliphatic heterocycles. The lowest BCUT2D eigenvalue weighted by atomic mass is 9.97. The Morgan fingerprint density at radius 2 is 1.96 bits per heavy atom. The fourth-order valence-corrected chi connectivity index (χ4v) is 2.22. The molecule has 23 heavy (non-hydrogen) atoms. The average Bonchev–Trinajstić information content (AvgIpc) is 3.01. The lowest BCUT2D eigenvalue weighted by Gasteiger charge is -2.14. The van der Waals surface area contributed by atoms with Crippen molar-refractivity contribution in [2.45, 2.75) is 20.3 Å². The number of aromatic nitrogens is 3. The maximum absolute atomic E-state index is 12.1. The summed E-state index contributed by atoms with van der Waals surface area (Å²) >= 11 is 0. The summed E-state index contributed by atoms with van der Waals surface area (Å²) in [4.78, 5) is 23.3. The topological polar surface area (TPSA) is 97.1 Å². The summed E-state index contributed by atoms with van der Waals surface area (Å²) in [6, 6.07) is 9.30. The third kappa shape index (κ3) is 4.64. The van der Waals surface area contributed by atoms with Gasteiger partial charge in [-0.15, -0.1) is 5.10 Å². The molecule has 7 heteroatoms. The van der Waals surface area contributed by atoms with Gasteiger partial charge in [0.15, 0.2) is 5.69 Å². The number of hydrogen-bond donors (Lipinski definition) is 2. The van der Waals surface area contributed by atoms with Gasteiger partial charge in [0.05, 0.1) is 17.8 Å². The van der Waals surface area contributed by atoms with Gasteiger partial charge in [0.25, 0.3) is 5.91 Å². The van der Waals surface area contributed by atoms with Gasteiger partial charge in [0, 0.05) is 6.54 Å². The van der Waals surface area contributed by atoms with Gasteiger partial charge in [0.2, 0.25) is 0 Å². The lowest BCUT2D eigenvalue weighted by Crippen LogP contribution is -2.33. The molecule has 1 atom stereocenters. The first-order valence-corrected chi connectivity index (χ1v) is 7.46. The van der Waals surface area contributed by atoms with Gasteiger partial charge >= 0.3 is 5.97 Å². The van der Waals surface area contributed by atoms with Crippen LogP contribution in [0.4, 0.5) is 0 Å². The number of amides is 1. The molecule has 7 nitrogen and oxygen atoms in total. The Labute approximate surface area is 134 Å². The number of carbonyl (C=O) groups excluding carboxylic acids is 1. The summed E-state index contributed by atoms with van der Waals surface area (Å²) in [6.45, 7) is 3.97. The summed E-state index contributed by atoms with van der Waals surface area (Å²) < 4.78 is 1.50. The van der Waals surface area contributed by atoms with E-state index in [2.05, 4.69) is 15.6 Å². The highest BCUT2D eigenvalue weighted by atomic mass is 16.4. The van der Waals surface area contributed by atoms with Crippen molar-refractivity contribution in [1.82, 2.24) is 20.3 Å². The van der Waals surface area contributed by atoms with Crippen LogP contribution in [0.3, 0.4) is 0 Å². The number of aliphatic carboxylic acids is 1. The number of para-hydroxylation sites is 1. The van der Waals surface area contributed by atoms with E-state index in [0.29, 0.717) is 6.42 Å².